The number of rotatable bonds is 4. The van der Waals surface area contributed by atoms with Gasteiger partial charge in [-0.25, -0.2) is 0 Å². The second kappa shape index (κ2) is 5.01. The van der Waals surface area contributed by atoms with Crippen molar-refractivity contribution >= 4 is 0 Å². The van der Waals surface area contributed by atoms with Gasteiger partial charge in [0, 0.05) is 18.0 Å². The summed E-state index contributed by atoms with van der Waals surface area (Å²) in [4.78, 5) is 4.45. The lowest BCUT2D eigenvalue weighted by molar-refractivity contribution is 0.331. The number of hydrogen-bond acceptors (Lipinski definition) is 5. The van der Waals surface area contributed by atoms with Crippen molar-refractivity contribution in [3.63, 3.8) is 0 Å². The van der Waals surface area contributed by atoms with Crippen LogP contribution in [0.25, 0.3) is 0 Å². The first-order chi connectivity index (χ1) is 9.24. The van der Waals surface area contributed by atoms with Crippen molar-refractivity contribution in [2.24, 2.45) is 5.73 Å². The van der Waals surface area contributed by atoms with Gasteiger partial charge in [0.2, 0.25) is 5.89 Å². The molecule has 1 aliphatic rings. The minimum atomic E-state index is 0.0731. The van der Waals surface area contributed by atoms with Gasteiger partial charge < -0.3 is 15.0 Å². The van der Waals surface area contributed by atoms with Crippen LogP contribution in [0.5, 0.6) is 5.75 Å². The monoisotopic (exact) mass is 259 g/mol. The number of fused-ring (bicyclic) bond motifs is 1. The third kappa shape index (κ3) is 2.46. The molecule has 0 radical (unpaired) electrons. The Morgan fingerprint density at radius 2 is 2.26 bits per heavy atom. The normalized spacial score (nSPS) is 18.9. The van der Waals surface area contributed by atoms with E-state index in [0.29, 0.717) is 18.3 Å². The van der Waals surface area contributed by atoms with Gasteiger partial charge >= 0.3 is 0 Å². The minimum Gasteiger partial charge on any atom is -0.492 e. The van der Waals surface area contributed by atoms with Gasteiger partial charge in [-0.15, -0.1) is 0 Å². The van der Waals surface area contributed by atoms with Crippen molar-refractivity contribution in [1.29, 1.82) is 0 Å². The molecule has 1 aliphatic heterocycles. The van der Waals surface area contributed by atoms with Crippen LogP contribution in [0.3, 0.4) is 0 Å². The average Bonchev–Trinajstić information content (AvgIpc) is 3.02. The number of benzene rings is 1. The molecule has 5 heteroatoms. The van der Waals surface area contributed by atoms with E-state index in [-0.39, 0.29) is 12.0 Å². The summed E-state index contributed by atoms with van der Waals surface area (Å²) < 4.78 is 10.9. The van der Waals surface area contributed by atoms with Crippen LogP contribution in [0.4, 0.5) is 0 Å². The van der Waals surface area contributed by atoms with Crippen molar-refractivity contribution in [1.82, 2.24) is 10.1 Å². The van der Waals surface area contributed by atoms with Crippen LogP contribution in [-0.4, -0.2) is 22.8 Å². The zero-order chi connectivity index (χ0) is 13.2. The Hall–Kier alpha value is -1.88. The van der Waals surface area contributed by atoms with Crippen LogP contribution < -0.4 is 10.5 Å². The van der Waals surface area contributed by atoms with Crippen molar-refractivity contribution < 1.29 is 9.26 Å². The van der Waals surface area contributed by atoms with Gasteiger partial charge in [0.25, 0.3) is 0 Å². The summed E-state index contributed by atoms with van der Waals surface area (Å²) in [7, 11) is 0. The van der Waals surface area contributed by atoms with Crippen molar-refractivity contribution in [3.05, 3.63) is 41.5 Å². The molecule has 2 aromatic rings. The first-order valence-electron chi connectivity index (χ1n) is 6.54. The molecule has 3 rings (SSSR count). The van der Waals surface area contributed by atoms with E-state index in [2.05, 4.69) is 10.1 Å². The summed E-state index contributed by atoms with van der Waals surface area (Å²) in [5.74, 6) is 2.33. The van der Waals surface area contributed by atoms with E-state index >= 15 is 0 Å². The minimum absolute atomic E-state index is 0.0731. The number of ether oxygens (including phenoxy) is 1. The molecule has 0 bridgehead atoms. The van der Waals surface area contributed by atoms with Crippen molar-refractivity contribution in [3.8, 4) is 5.75 Å². The van der Waals surface area contributed by atoms with Gasteiger partial charge in [-0.3, -0.25) is 0 Å². The Morgan fingerprint density at radius 1 is 1.42 bits per heavy atom. The van der Waals surface area contributed by atoms with Crippen LogP contribution in [0.15, 0.2) is 28.8 Å². The number of hydrogen-bond donors (Lipinski definition) is 1. The molecule has 0 spiro atoms. The highest BCUT2D eigenvalue weighted by Gasteiger charge is 2.29. The number of aromatic nitrogens is 2. The number of para-hydroxylation sites is 1. The van der Waals surface area contributed by atoms with Crippen LogP contribution in [0, 0.1) is 0 Å². The fourth-order valence-electron chi connectivity index (χ4n) is 2.24. The topological polar surface area (TPSA) is 74.2 Å². The van der Waals surface area contributed by atoms with Gasteiger partial charge in [-0.2, -0.15) is 4.98 Å². The molecule has 2 unspecified atom stereocenters. The van der Waals surface area contributed by atoms with E-state index in [1.54, 1.807) is 0 Å². The highest BCUT2D eigenvalue weighted by molar-refractivity contribution is 5.42. The lowest BCUT2D eigenvalue weighted by Gasteiger charge is -2.01. The van der Waals surface area contributed by atoms with Crippen molar-refractivity contribution in [2.75, 3.05) is 6.61 Å². The molecule has 0 fully saturated rings. The molecule has 2 heterocycles. The molecule has 100 valence electrons. The standard InChI is InChI=1S/C14H17N3O2/c1-9(15)6-7-13-16-14(17-19-13)11-8-18-12-5-3-2-4-10(11)12/h2-5,9,11H,6-8,15H2,1H3. The van der Waals surface area contributed by atoms with Gasteiger partial charge in [-0.05, 0) is 19.4 Å². The Balaban J connectivity index is 1.77. The number of aryl methyl sites for hydroxylation is 1. The predicted octanol–water partition coefficient (Wildman–Crippen LogP) is 1.87. The Morgan fingerprint density at radius 3 is 3.11 bits per heavy atom. The summed E-state index contributed by atoms with van der Waals surface area (Å²) in [6.45, 7) is 2.55. The molecule has 0 amide bonds. The van der Waals surface area contributed by atoms with Crippen LogP contribution in [0.1, 0.15) is 36.5 Å². The Labute approximate surface area is 111 Å². The Bertz CT molecular complexity index is 565. The summed E-state index contributed by atoms with van der Waals surface area (Å²) in [6, 6.07) is 8.12. The molecule has 2 N–H and O–H groups in total. The smallest absolute Gasteiger partial charge is 0.226 e. The summed E-state index contributed by atoms with van der Waals surface area (Å²) >= 11 is 0. The maximum Gasteiger partial charge on any atom is 0.226 e. The fraction of sp³-hybridized carbons (Fsp3) is 0.429. The van der Waals surface area contributed by atoms with E-state index in [4.69, 9.17) is 15.0 Å². The average molecular weight is 259 g/mol. The van der Waals surface area contributed by atoms with Crippen LogP contribution in [-0.2, 0) is 6.42 Å². The maximum absolute atomic E-state index is 5.72. The highest BCUT2D eigenvalue weighted by atomic mass is 16.5. The third-order valence-corrected chi connectivity index (χ3v) is 3.31. The maximum atomic E-state index is 5.72. The second-order valence-corrected chi connectivity index (χ2v) is 4.96. The molecular formula is C14H17N3O2. The SMILES string of the molecule is CC(N)CCc1nc(C2COc3ccccc32)no1. The van der Waals surface area contributed by atoms with Crippen molar-refractivity contribution in [2.45, 2.75) is 31.7 Å². The van der Waals surface area contributed by atoms with Crippen LogP contribution >= 0.6 is 0 Å². The predicted molar refractivity (Wildman–Crippen MR) is 70.0 cm³/mol. The fourth-order valence-corrected chi connectivity index (χ4v) is 2.24. The quantitative estimate of drug-likeness (QED) is 0.907. The molecule has 0 saturated carbocycles. The summed E-state index contributed by atoms with van der Waals surface area (Å²) in [6.07, 6.45) is 1.57. The lowest BCUT2D eigenvalue weighted by atomic mass is 10.0. The largest absolute Gasteiger partial charge is 0.492 e. The zero-order valence-electron chi connectivity index (χ0n) is 10.9. The van der Waals surface area contributed by atoms with Crippen LogP contribution in [0.2, 0.25) is 0 Å². The molecular weight excluding hydrogens is 242 g/mol. The number of nitrogens with zero attached hydrogens (tertiary/aromatic N) is 2. The van der Waals surface area contributed by atoms with E-state index < -0.39 is 0 Å². The summed E-state index contributed by atoms with van der Waals surface area (Å²) in [5.41, 5.74) is 6.85. The number of nitrogens with two attached hydrogens (primary N) is 1. The van der Waals surface area contributed by atoms with E-state index in [9.17, 15) is 0 Å². The first-order valence-corrected chi connectivity index (χ1v) is 6.54. The van der Waals surface area contributed by atoms with Gasteiger partial charge in [-0.1, -0.05) is 23.4 Å². The molecule has 0 saturated heterocycles. The van der Waals surface area contributed by atoms with E-state index in [0.717, 1.165) is 24.2 Å². The van der Waals surface area contributed by atoms with Gasteiger partial charge in [0.15, 0.2) is 5.82 Å². The second-order valence-electron chi connectivity index (χ2n) is 4.96. The first kappa shape index (κ1) is 12.2. The molecule has 2 atom stereocenters. The van der Waals surface area contributed by atoms with Gasteiger partial charge in [0.1, 0.15) is 12.4 Å². The van der Waals surface area contributed by atoms with E-state index in [1.807, 2.05) is 31.2 Å². The molecule has 1 aromatic carbocycles. The van der Waals surface area contributed by atoms with Gasteiger partial charge in [0.05, 0.1) is 5.92 Å². The Kier molecular flexibility index (Phi) is 3.21. The zero-order valence-corrected chi connectivity index (χ0v) is 10.9. The highest BCUT2D eigenvalue weighted by Crippen LogP contribution is 2.36. The lowest BCUT2D eigenvalue weighted by Crippen LogP contribution is -2.15. The summed E-state index contributed by atoms with van der Waals surface area (Å²) in [5, 5.41) is 4.07. The third-order valence-electron chi connectivity index (χ3n) is 3.31. The molecule has 5 nitrogen and oxygen atoms in total. The van der Waals surface area contributed by atoms with E-state index in [1.165, 1.54) is 0 Å². The molecule has 1 aromatic heterocycles. The molecule has 0 aliphatic carbocycles. The molecule has 19 heavy (non-hydrogen) atoms.